The van der Waals surface area contributed by atoms with Crippen LogP contribution in [0.15, 0.2) is 29.6 Å². The molecule has 2 heterocycles. The smallest absolute Gasteiger partial charge is 0.257 e. The van der Waals surface area contributed by atoms with Gasteiger partial charge in [-0.2, -0.15) is 0 Å². The van der Waals surface area contributed by atoms with E-state index in [9.17, 15) is 4.79 Å². The predicted octanol–water partition coefficient (Wildman–Crippen LogP) is 6.20. The molecule has 0 radical (unpaired) electrons. The molecular weight excluding hydrogens is 389 g/mol. The number of halogens is 2. The van der Waals surface area contributed by atoms with E-state index in [-0.39, 0.29) is 5.91 Å². The van der Waals surface area contributed by atoms with Gasteiger partial charge in [0.05, 0.1) is 15.7 Å². The molecule has 0 aliphatic rings. The number of aryl methyl sites for hydroxylation is 1. The van der Waals surface area contributed by atoms with E-state index in [0.29, 0.717) is 20.7 Å². The zero-order chi connectivity index (χ0) is 18.8. The van der Waals surface area contributed by atoms with Crippen molar-refractivity contribution < 1.29 is 4.79 Å². The number of hydrogen-bond acceptors (Lipinski definition) is 3. The van der Waals surface area contributed by atoms with Gasteiger partial charge in [-0.25, -0.2) is 4.98 Å². The molecule has 4 nitrogen and oxygen atoms in total. The Bertz CT molecular complexity index is 962. The van der Waals surface area contributed by atoms with Crippen LogP contribution in [0.4, 0.5) is 5.13 Å². The highest BCUT2D eigenvalue weighted by molar-refractivity contribution is 7.14. The molecule has 0 spiro atoms. The number of nitrogens with one attached hydrogen (secondary N) is 1. The maximum absolute atomic E-state index is 12.4. The van der Waals surface area contributed by atoms with Crippen LogP contribution < -0.4 is 5.32 Å². The first kappa shape index (κ1) is 19.0. The molecule has 1 N–H and O–H groups in total. The normalized spacial score (nSPS) is 11.0. The molecule has 0 saturated carbocycles. The second-order valence-electron chi connectivity index (χ2n) is 6.06. The number of carbonyl (C=O) groups excluding carboxylic acids is 1. The van der Waals surface area contributed by atoms with Gasteiger partial charge in [0.1, 0.15) is 0 Å². The van der Waals surface area contributed by atoms with E-state index in [4.69, 9.17) is 23.2 Å². The van der Waals surface area contributed by atoms with Crippen LogP contribution >= 0.6 is 34.5 Å². The van der Waals surface area contributed by atoms with Crippen molar-refractivity contribution in [2.75, 3.05) is 5.32 Å². The molecule has 26 heavy (non-hydrogen) atoms. The summed E-state index contributed by atoms with van der Waals surface area (Å²) in [6.45, 7) is 7.36. The van der Waals surface area contributed by atoms with Gasteiger partial charge in [0, 0.05) is 34.4 Å². The third-order valence-electron chi connectivity index (χ3n) is 4.20. The summed E-state index contributed by atoms with van der Waals surface area (Å²) in [4.78, 5) is 17.0. The Morgan fingerprint density at radius 2 is 2.00 bits per heavy atom. The van der Waals surface area contributed by atoms with Crippen LogP contribution in [0.2, 0.25) is 10.0 Å². The van der Waals surface area contributed by atoms with Gasteiger partial charge in [-0.05, 0) is 44.5 Å². The summed E-state index contributed by atoms with van der Waals surface area (Å²) in [5, 5.41) is 6.10. The van der Waals surface area contributed by atoms with Crippen LogP contribution in [0.5, 0.6) is 0 Å². The molecule has 2 aromatic heterocycles. The molecule has 7 heteroatoms. The molecule has 0 bridgehead atoms. The maximum atomic E-state index is 12.4. The molecule has 0 aliphatic carbocycles. The van der Waals surface area contributed by atoms with Crippen LogP contribution in [0.1, 0.15) is 35.1 Å². The molecule has 0 aliphatic heterocycles. The molecule has 0 fully saturated rings. The predicted molar refractivity (Wildman–Crippen MR) is 110 cm³/mol. The Morgan fingerprint density at radius 1 is 1.23 bits per heavy atom. The van der Waals surface area contributed by atoms with Crippen LogP contribution in [0.25, 0.3) is 11.3 Å². The first-order valence-corrected chi connectivity index (χ1v) is 9.93. The lowest BCUT2D eigenvalue weighted by atomic mass is 10.2. The lowest BCUT2D eigenvalue weighted by Crippen LogP contribution is -2.11. The Hall–Kier alpha value is -1.82. The molecule has 0 unspecified atom stereocenters. The second kappa shape index (κ2) is 7.82. The van der Waals surface area contributed by atoms with E-state index in [1.54, 1.807) is 18.2 Å². The van der Waals surface area contributed by atoms with E-state index < -0.39 is 0 Å². The van der Waals surface area contributed by atoms with Gasteiger partial charge >= 0.3 is 0 Å². The fraction of sp³-hybridized carbons (Fsp3) is 0.263. The minimum absolute atomic E-state index is 0.263. The standard InChI is InChI=1S/C19H19Cl2N3OS/c1-4-7-24-11(2)8-14(12(24)3)17-10-26-19(22-17)23-18(25)13-5-6-15(20)16(21)9-13/h5-6,8-10H,4,7H2,1-3H3,(H,22,23,25). The average molecular weight is 408 g/mol. The highest BCUT2D eigenvalue weighted by atomic mass is 35.5. The van der Waals surface area contributed by atoms with Crippen molar-refractivity contribution in [1.82, 2.24) is 9.55 Å². The number of nitrogens with zero attached hydrogens (tertiary/aromatic N) is 2. The number of rotatable bonds is 5. The summed E-state index contributed by atoms with van der Waals surface area (Å²) in [6.07, 6.45) is 1.08. The summed E-state index contributed by atoms with van der Waals surface area (Å²) < 4.78 is 2.29. The Kier molecular flexibility index (Phi) is 5.70. The van der Waals surface area contributed by atoms with Gasteiger partial charge in [-0.3, -0.25) is 10.1 Å². The molecule has 0 saturated heterocycles. The number of amides is 1. The lowest BCUT2D eigenvalue weighted by Gasteiger charge is -2.07. The maximum Gasteiger partial charge on any atom is 0.257 e. The van der Waals surface area contributed by atoms with Gasteiger partial charge < -0.3 is 4.57 Å². The molecular formula is C19H19Cl2N3OS. The number of carbonyl (C=O) groups is 1. The van der Waals surface area contributed by atoms with Crippen molar-refractivity contribution in [1.29, 1.82) is 0 Å². The zero-order valence-electron chi connectivity index (χ0n) is 14.8. The Labute approximate surface area is 166 Å². The number of hydrogen-bond donors (Lipinski definition) is 1. The van der Waals surface area contributed by atoms with Gasteiger partial charge in [0.15, 0.2) is 5.13 Å². The van der Waals surface area contributed by atoms with Crippen molar-refractivity contribution >= 4 is 45.6 Å². The van der Waals surface area contributed by atoms with Gasteiger partial charge in [0.2, 0.25) is 0 Å². The first-order valence-electron chi connectivity index (χ1n) is 8.29. The summed E-state index contributed by atoms with van der Waals surface area (Å²) in [7, 11) is 0. The Morgan fingerprint density at radius 3 is 2.69 bits per heavy atom. The van der Waals surface area contributed by atoms with Gasteiger partial charge in [-0.15, -0.1) is 11.3 Å². The van der Waals surface area contributed by atoms with Crippen LogP contribution in [0.3, 0.4) is 0 Å². The monoisotopic (exact) mass is 407 g/mol. The van der Waals surface area contributed by atoms with Crippen molar-refractivity contribution in [2.45, 2.75) is 33.7 Å². The molecule has 1 aromatic carbocycles. The summed E-state index contributed by atoms with van der Waals surface area (Å²) in [5.74, 6) is -0.263. The van der Waals surface area contributed by atoms with Crippen LogP contribution in [0, 0.1) is 13.8 Å². The lowest BCUT2D eigenvalue weighted by molar-refractivity contribution is 0.102. The van der Waals surface area contributed by atoms with Crippen LogP contribution in [-0.2, 0) is 6.54 Å². The number of benzene rings is 1. The van der Waals surface area contributed by atoms with Crippen LogP contribution in [-0.4, -0.2) is 15.5 Å². The van der Waals surface area contributed by atoms with Crippen molar-refractivity contribution in [3.05, 3.63) is 56.6 Å². The van der Waals surface area contributed by atoms with Gasteiger partial charge in [0.25, 0.3) is 5.91 Å². The van der Waals surface area contributed by atoms with E-state index in [1.165, 1.54) is 22.7 Å². The second-order valence-corrected chi connectivity index (χ2v) is 7.73. The molecule has 0 atom stereocenters. The molecule has 1 amide bonds. The van der Waals surface area contributed by atoms with E-state index in [0.717, 1.165) is 24.2 Å². The summed E-state index contributed by atoms with van der Waals surface area (Å²) >= 11 is 13.3. The minimum atomic E-state index is -0.263. The quantitative estimate of drug-likeness (QED) is 0.547. The number of thiazole rings is 1. The fourth-order valence-electron chi connectivity index (χ4n) is 2.89. The van der Waals surface area contributed by atoms with Crippen molar-refractivity contribution in [3.63, 3.8) is 0 Å². The minimum Gasteiger partial charge on any atom is -0.348 e. The van der Waals surface area contributed by atoms with Crippen molar-refractivity contribution in [3.8, 4) is 11.3 Å². The fourth-order valence-corrected chi connectivity index (χ4v) is 3.89. The molecule has 136 valence electrons. The number of anilines is 1. The zero-order valence-corrected chi connectivity index (χ0v) is 17.1. The van der Waals surface area contributed by atoms with Gasteiger partial charge in [-0.1, -0.05) is 30.1 Å². The van der Waals surface area contributed by atoms with E-state index in [1.807, 2.05) is 5.38 Å². The number of aromatic nitrogens is 2. The Balaban J connectivity index is 1.81. The summed E-state index contributed by atoms with van der Waals surface area (Å²) in [6, 6.07) is 6.93. The highest BCUT2D eigenvalue weighted by Gasteiger charge is 2.15. The topological polar surface area (TPSA) is 46.9 Å². The third kappa shape index (κ3) is 3.80. The molecule has 3 aromatic rings. The van der Waals surface area contributed by atoms with E-state index in [2.05, 4.69) is 41.7 Å². The SMILES string of the molecule is CCCn1c(C)cc(-c2csc(NC(=O)c3ccc(Cl)c(Cl)c3)n2)c1C. The molecule has 3 rings (SSSR count). The van der Waals surface area contributed by atoms with E-state index >= 15 is 0 Å². The largest absolute Gasteiger partial charge is 0.348 e. The highest BCUT2D eigenvalue weighted by Crippen LogP contribution is 2.30. The first-order chi connectivity index (χ1) is 12.4. The average Bonchev–Trinajstić information content (AvgIpc) is 3.17. The third-order valence-corrected chi connectivity index (χ3v) is 5.70. The van der Waals surface area contributed by atoms with Crippen molar-refractivity contribution in [2.24, 2.45) is 0 Å². The summed E-state index contributed by atoms with van der Waals surface area (Å²) in [5.41, 5.74) is 4.82.